The van der Waals surface area contributed by atoms with Crippen molar-refractivity contribution < 1.29 is 19.2 Å². The van der Waals surface area contributed by atoms with Crippen molar-refractivity contribution in [2.24, 2.45) is 0 Å². The van der Waals surface area contributed by atoms with Crippen molar-refractivity contribution in [2.45, 2.75) is 6.54 Å². The zero-order chi connectivity index (χ0) is 16.3. The fourth-order valence-corrected chi connectivity index (χ4v) is 1.92. The Bertz CT molecular complexity index is 752. The van der Waals surface area contributed by atoms with Crippen molar-refractivity contribution in [3.8, 4) is 5.75 Å². The highest BCUT2D eigenvalue weighted by Crippen LogP contribution is 2.21. The second-order valence-corrected chi connectivity index (χ2v) is 4.79. The van der Waals surface area contributed by atoms with Gasteiger partial charge in [0, 0.05) is 23.7 Å². The van der Waals surface area contributed by atoms with E-state index in [0.717, 1.165) is 24.3 Å². The maximum atomic E-state index is 13.6. The Kier molecular flexibility index (Phi) is 4.57. The summed E-state index contributed by atoms with van der Waals surface area (Å²) in [5.41, 5.74) is -0.458. The first-order chi connectivity index (χ1) is 10.4. The fraction of sp³-hybridized carbons (Fsp3) is 0.0714. The van der Waals surface area contributed by atoms with Crippen LogP contribution in [0.1, 0.15) is 15.9 Å². The van der Waals surface area contributed by atoms with Crippen LogP contribution in [0.5, 0.6) is 5.75 Å². The number of hydrogen-bond donors (Lipinski definition) is 1. The molecular formula is C14H9ClFN2O4-. The molecule has 6 nitrogen and oxygen atoms in total. The van der Waals surface area contributed by atoms with E-state index in [-0.39, 0.29) is 28.4 Å². The van der Waals surface area contributed by atoms with Crippen molar-refractivity contribution in [2.75, 3.05) is 0 Å². The van der Waals surface area contributed by atoms with Gasteiger partial charge in [-0.05, 0) is 23.8 Å². The summed E-state index contributed by atoms with van der Waals surface area (Å²) in [5.74, 6) is -2.01. The number of carbonyl (C=O) groups is 1. The molecule has 2 aromatic carbocycles. The standard InChI is InChI=1S/C14H10ClFN2O4/c15-9-1-3-11(12(16)6-9)14(20)17-7-8-5-10(18(21)22)2-4-13(8)19/h1-6,19H,7H2,(H,17,20)/p-1. The lowest BCUT2D eigenvalue weighted by Gasteiger charge is -2.13. The van der Waals surface area contributed by atoms with E-state index < -0.39 is 22.4 Å². The molecular weight excluding hydrogens is 315 g/mol. The van der Waals surface area contributed by atoms with E-state index in [4.69, 9.17) is 11.6 Å². The minimum Gasteiger partial charge on any atom is -0.872 e. The summed E-state index contributed by atoms with van der Waals surface area (Å²) in [5, 5.41) is 24.7. The molecule has 2 rings (SSSR count). The van der Waals surface area contributed by atoms with Crippen LogP contribution in [0.3, 0.4) is 0 Å². The molecule has 0 fully saturated rings. The van der Waals surface area contributed by atoms with E-state index >= 15 is 0 Å². The number of rotatable bonds is 4. The Morgan fingerprint density at radius 2 is 2.00 bits per heavy atom. The average Bonchev–Trinajstić information content (AvgIpc) is 2.45. The van der Waals surface area contributed by atoms with Crippen LogP contribution in [-0.2, 0) is 6.54 Å². The van der Waals surface area contributed by atoms with Gasteiger partial charge in [-0.3, -0.25) is 14.9 Å². The Morgan fingerprint density at radius 3 is 2.64 bits per heavy atom. The zero-order valence-corrected chi connectivity index (χ0v) is 11.8. The summed E-state index contributed by atoms with van der Waals surface area (Å²) in [4.78, 5) is 21.9. The molecule has 2 aromatic rings. The molecule has 0 bridgehead atoms. The van der Waals surface area contributed by atoms with Gasteiger partial charge in [0.05, 0.1) is 10.5 Å². The summed E-state index contributed by atoms with van der Waals surface area (Å²) in [6.07, 6.45) is 0. The minimum absolute atomic E-state index is 0.0388. The van der Waals surface area contributed by atoms with E-state index in [1.54, 1.807) is 0 Å². The molecule has 22 heavy (non-hydrogen) atoms. The number of nitrogens with zero attached hydrogens (tertiary/aromatic N) is 1. The van der Waals surface area contributed by atoms with Gasteiger partial charge < -0.3 is 10.4 Å². The van der Waals surface area contributed by atoms with Crippen LogP contribution in [-0.4, -0.2) is 10.8 Å². The number of nitro benzene ring substituents is 1. The highest BCUT2D eigenvalue weighted by Gasteiger charge is 2.13. The molecule has 0 aliphatic rings. The molecule has 8 heteroatoms. The third kappa shape index (κ3) is 3.50. The van der Waals surface area contributed by atoms with Crippen molar-refractivity contribution in [1.82, 2.24) is 5.32 Å². The van der Waals surface area contributed by atoms with Crippen LogP contribution in [0, 0.1) is 15.9 Å². The Hall–Kier alpha value is -2.67. The molecule has 1 N–H and O–H groups in total. The smallest absolute Gasteiger partial charge is 0.269 e. The second kappa shape index (κ2) is 6.40. The summed E-state index contributed by atoms with van der Waals surface area (Å²) in [7, 11) is 0. The highest BCUT2D eigenvalue weighted by molar-refractivity contribution is 6.30. The predicted molar refractivity (Wildman–Crippen MR) is 75.1 cm³/mol. The Labute approximate surface area is 129 Å². The van der Waals surface area contributed by atoms with Gasteiger partial charge in [0.25, 0.3) is 11.6 Å². The molecule has 0 spiro atoms. The van der Waals surface area contributed by atoms with Gasteiger partial charge in [-0.15, -0.1) is 5.75 Å². The monoisotopic (exact) mass is 323 g/mol. The van der Waals surface area contributed by atoms with Gasteiger partial charge in [-0.2, -0.15) is 0 Å². The van der Waals surface area contributed by atoms with Crippen LogP contribution >= 0.6 is 11.6 Å². The average molecular weight is 324 g/mol. The fourth-order valence-electron chi connectivity index (χ4n) is 1.76. The third-order valence-electron chi connectivity index (χ3n) is 2.87. The maximum absolute atomic E-state index is 13.6. The number of benzene rings is 2. The summed E-state index contributed by atoms with van der Waals surface area (Å²) < 4.78 is 13.6. The van der Waals surface area contributed by atoms with Gasteiger partial charge in [0.1, 0.15) is 5.82 Å². The second-order valence-electron chi connectivity index (χ2n) is 4.36. The molecule has 0 unspecified atom stereocenters. The molecule has 0 aliphatic carbocycles. The van der Waals surface area contributed by atoms with E-state index in [1.807, 2.05) is 0 Å². The number of halogens is 2. The molecule has 0 radical (unpaired) electrons. The molecule has 0 saturated carbocycles. The van der Waals surface area contributed by atoms with Crippen LogP contribution in [0.15, 0.2) is 36.4 Å². The molecule has 0 aliphatic heterocycles. The number of amides is 1. The van der Waals surface area contributed by atoms with Crippen molar-refractivity contribution >= 4 is 23.2 Å². The first kappa shape index (κ1) is 15.7. The van der Waals surface area contributed by atoms with Crippen molar-refractivity contribution in [1.29, 1.82) is 0 Å². The normalized spacial score (nSPS) is 10.3. The number of nitro groups is 1. The zero-order valence-electron chi connectivity index (χ0n) is 11.0. The van der Waals surface area contributed by atoms with Gasteiger partial charge in [-0.25, -0.2) is 4.39 Å². The lowest BCUT2D eigenvalue weighted by Crippen LogP contribution is -2.24. The summed E-state index contributed by atoms with van der Waals surface area (Å²) >= 11 is 5.59. The quantitative estimate of drug-likeness (QED) is 0.690. The number of non-ortho nitro benzene ring substituents is 1. The van der Waals surface area contributed by atoms with Crippen LogP contribution in [0.25, 0.3) is 0 Å². The maximum Gasteiger partial charge on any atom is 0.269 e. The van der Waals surface area contributed by atoms with Crippen LogP contribution in [0.4, 0.5) is 10.1 Å². The van der Waals surface area contributed by atoms with Crippen LogP contribution < -0.4 is 10.4 Å². The summed E-state index contributed by atoms with van der Waals surface area (Å²) in [6.45, 7) is -0.249. The van der Waals surface area contributed by atoms with E-state index in [9.17, 15) is 24.4 Å². The molecule has 114 valence electrons. The SMILES string of the molecule is O=C(NCc1cc([N+](=O)[O-])ccc1[O-])c1ccc(Cl)cc1F. The van der Waals surface area contributed by atoms with E-state index in [1.165, 1.54) is 12.1 Å². The van der Waals surface area contributed by atoms with Gasteiger partial charge >= 0.3 is 0 Å². The first-order valence-electron chi connectivity index (χ1n) is 6.06. The topological polar surface area (TPSA) is 95.3 Å². The van der Waals surface area contributed by atoms with E-state index in [0.29, 0.717) is 0 Å². The summed E-state index contributed by atoms with van der Waals surface area (Å²) in [6, 6.07) is 6.74. The lowest BCUT2D eigenvalue weighted by molar-refractivity contribution is -0.385. The Balaban J connectivity index is 2.14. The van der Waals surface area contributed by atoms with Crippen molar-refractivity contribution in [3.63, 3.8) is 0 Å². The molecule has 0 heterocycles. The largest absolute Gasteiger partial charge is 0.872 e. The van der Waals surface area contributed by atoms with Gasteiger partial charge in [0.2, 0.25) is 0 Å². The number of nitrogens with one attached hydrogen (secondary N) is 1. The first-order valence-corrected chi connectivity index (χ1v) is 6.44. The number of carbonyl (C=O) groups excluding carboxylic acids is 1. The number of hydrogen-bond acceptors (Lipinski definition) is 4. The molecule has 0 atom stereocenters. The van der Waals surface area contributed by atoms with Crippen LogP contribution in [0.2, 0.25) is 5.02 Å². The van der Waals surface area contributed by atoms with Gasteiger partial charge in [-0.1, -0.05) is 17.7 Å². The third-order valence-corrected chi connectivity index (χ3v) is 3.11. The molecule has 0 saturated heterocycles. The minimum atomic E-state index is -0.800. The lowest BCUT2D eigenvalue weighted by atomic mass is 10.1. The predicted octanol–water partition coefficient (Wildman–Crippen LogP) is 2.39. The Morgan fingerprint density at radius 1 is 1.27 bits per heavy atom. The molecule has 0 aromatic heterocycles. The van der Waals surface area contributed by atoms with E-state index in [2.05, 4.69) is 5.32 Å². The van der Waals surface area contributed by atoms with Gasteiger partial charge in [0.15, 0.2) is 0 Å². The highest BCUT2D eigenvalue weighted by atomic mass is 35.5. The molecule has 1 amide bonds. The van der Waals surface area contributed by atoms with Crippen molar-refractivity contribution in [3.05, 3.63) is 68.5 Å².